The summed E-state index contributed by atoms with van der Waals surface area (Å²) in [5.41, 5.74) is 0. The quantitative estimate of drug-likeness (QED) is 0.474. The monoisotopic (exact) mass is 294 g/mol. The first-order chi connectivity index (χ1) is 9.70. The van der Waals surface area contributed by atoms with Gasteiger partial charge in [-0.2, -0.15) is 0 Å². The first-order valence-corrected chi connectivity index (χ1v) is 7.69. The van der Waals surface area contributed by atoms with Crippen molar-refractivity contribution in [3.8, 4) is 5.75 Å². The molecule has 20 heavy (non-hydrogen) atoms. The Morgan fingerprint density at radius 2 is 1.95 bits per heavy atom. The molecule has 5 heteroatoms. The van der Waals surface area contributed by atoms with Crippen molar-refractivity contribution in [2.75, 3.05) is 12.9 Å². The zero-order valence-corrected chi connectivity index (χ0v) is 12.3. The number of benzene rings is 1. The van der Waals surface area contributed by atoms with Crippen LogP contribution in [0.4, 0.5) is 0 Å². The van der Waals surface area contributed by atoms with Crippen LogP contribution in [0.2, 0.25) is 0 Å². The molecule has 0 atom stereocenters. The Hall–Kier alpha value is -1.49. The van der Waals surface area contributed by atoms with Gasteiger partial charge < -0.3 is 9.47 Å². The van der Waals surface area contributed by atoms with Crippen molar-refractivity contribution in [1.29, 1.82) is 0 Å². The summed E-state index contributed by atoms with van der Waals surface area (Å²) in [7, 11) is 1.36. The normalized spacial score (nSPS) is 15.1. The summed E-state index contributed by atoms with van der Waals surface area (Å²) in [6, 6.07) is 7.27. The molecule has 0 saturated heterocycles. The van der Waals surface area contributed by atoms with E-state index in [4.69, 9.17) is 4.74 Å². The van der Waals surface area contributed by atoms with Gasteiger partial charge in [-0.05, 0) is 25.0 Å². The molecule has 4 nitrogen and oxygen atoms in total. The van der Waals surface area contributed by atoms with E-state index in [-0.39, 0.29) is 23.6 Å². The fourth-order valence-electron chi connectivity index (χ4n) is 2.20. The highest BCUT2D eigenvalue weighted by molar-refractivity contribution is 8.00. The molecule has 0 spiro atoms. The highest BCUT2D eigenvalue weighted by Crippen LogP contribution is 2.32. The van der Waals surface area contributed by atoms with Crippen LogP contribution < -0.4 is 4.74 Å². The molecule has 0 aliphatic heterocycles. The van der Waals surface area contributed by atoms with Gasteiger partial charge in [0.2, 0.25) is 0 Å². The molecular weight excluding hydrogens is 276 g/mol. The number of rotatable bonds is 5. The number of carbonyl (C=O) groups excluding carboxylic acids is 2. The van der Waals surface area contributed by atoms with E-state index in [9.17, 15) is 9.59 Å². The van der Waals surface area contributed by atoms with Crippen LogP contribution in [0.15, 0.2) is 29.2 Å². The van der Waals surface area contributed by atoms with Gasteiger partial charge in [0.25, 0.3) is 0 Å². The summed E-state index contributed by atoms with van der Waals surface area (Å²) in [6.45, 7) is 0. The van der Waals surface area contributed by atoms with E-state index < -0.39 is 0 Å². The van der Waals surface area contributed by atoms with Crippen molar-refractivity contribution in [2.24, 2.45) is 5.92 Å². The highest BCUT2D eigenvalue weighted by Gasteiger charge is 2.25. The number of esters is 2. The Balaban J connectivity index is 1.99. The second kappa shape index (κ2) is 7.33. The van der Waals surface area contributed by atoms with Crippen molar-refractivity contribution in [1.82, 2.24) is 0 Å². The van der Waals surface area contributed by atoms with Crippen molar-refractivity contribution >= 4 is 23.7 Å². The van der Waals surface area contributed by atoms with E-state index in [1.807, 2.05) is 18.2 Å². The third-order valence-electron chi connectivity index (χ3n) is 3.32. The number of hydrogen-bond donors (Lipinski definition) is 0. The van der Waals surface area contributed by atoms with Crippen LogP contribution in [0.1, 0.15) is 25.7 Å². The van der Waals surface area contributed by atoms with Gasteiger partial charge in [-0.3, -0.25) is 9.59 Å². The second-order valence-electron chi connectivity index (χ2n) is 4.71. The molecule has 1 saturated carbocycles. The number of carbonyl (C=O) groups is 2. The first kappa shape index (κ1) is 14.9. The van der Waals surface area contributed by atoms with Gasteiger partial charge in [0.1, 0.15) is 5.75 Å². The molecule has 1 fully saturated rings. The van der Waals surface area contributed by atoms with Gasteiger partial charge in [0, 0.05) is 0 Å². The maximum Gasteiger partial charge on any atom is 0.315 e. The van der Waals surface area contributed by atoms with E-state index in [0.29, 0.717) is 5.75 Å². The molecule has 0 aromatic heterocycles. The Kier molecular flexibility index (Phi) is 5.47. The number of ether oxygens (including phenoxy) is 2. The molecule has 1 aromatic rings. The van der Waals surface area contributed by atoms with Crippen LogP contribution in [-0.2, 0) is 14.3 Å². The standard InChI is InChI=1S/C15H18O4S/c1-18-14(16)10-20-13-9-5-4-8-12(13)19-15(17)11-6-2-3-7-11/h4-5,8-9,11H,2-3,6-7,10H2,1H3. The van der Waals surface area contributed by atoms with Crippen molar-refractivity contribution in [3.63, 3.8) is 0 Å². The Morgan fingerprint density at radius 1 is 1.25 bits per heavy atom. The summed E-state index contributed by atoms with van der Waals surface area (Å²) < 4.78 is 10.1. The Labute approximate surface area is 122 Å². The molecule has 0 unspecified atom stereocenters. The van der Waals surface area contributed by atoms with E-state index >= 15 is 0 Å². The van der Waals surface area contributed by atoms with Crippen LogP contribution in [-0.4, -0.2) is 24.8 Å². The number of para-hydroxylation sites is 1. The molecule has 1 aliphatic rings. The van der Waals surface area contributed by atoms with E-state index in [1.54, 1.807) is 6.07 Å². The summed E-state index contributed by atoms with van der Waals surface area (Å²) in [5, 5.41) is 0. The summed E-state index contributed by atoms with van der Waals surface area (Å²) >= 11 is 1.31. The molecule has 0 heterocycles. The molecule has 0 bridgehead atoms. The van der Waals surface area contributed by atoms with Crippen LogP contribution in [0.3, 0.4) is 0 Å². The lowest BCUT2D eigenvalue weighted by atomic mass is 10.1. The first-order valence-electron chi connectivity index (χ1n) is 6.71. The lowest BCUT2D eigenvalue weighted by Gasteiger charge is -2.12. The maximum absolute atomic E-state index is 12.0. The zero-order valence-electron chi connectivity index (χ0n) is 11.5. The van der Waals surface area contributed by atoms with Crippen molar-refractivity contribution in [3.05, 3.63) is 24.3 Å². The highest BCUT2D eigenvalue weighted by atomic mass is 32.2. The predicted molar refractivity (Wildman–Crippen MR) is 76.8 cm³/mol. The van der Waals surface area contributed by atoms with E-state index in [2.05, 4.69) is 4.74 Å². The van der Waals surface area contributed by atoms with E-state index in [1.165, 1.54) is 18.9 Å². The Bertz CT molecular complexity index is 481. The van der Waals surface area contributed by atoms with Gasteiger partial charge >= 0.3 is 11.9 Å². The van der Waals surface area contributed by atoms with Crippen molar-refractivity contribution in [2.45, 2.75) is 30.6 Å². The average molecular weight is 294 g/mol. The van der Waals surface area contributed by atoms with Crippen LogP contribution in [0, 0.1) is 5.92 Å². The second-order valence-corrected chi connectivity index (χ2v) is 5.73. The number of thioether (sulfide) groups is 1. The molecule has 1 aromatic carbocycles. The van der Waals surface area contributed by atoms with Gasteiger partial charge in [0.15, 0.2) is 0 Å². The zero-order chi connectivity index (χ0) is 14.4. The predicted octanol–water partition coefficient (Wildman–Crippen LogP) is 3.05. The molecule has 108 valence electrons. The summed E-state index contributed by atoms with van der Waals surface area (Å²) in [4.78, 5) is 24.0. The minimum absolute atomic E-state index is 0.0219. The Morgan fingerprint density at radius 3 is 2.65 bits per heavy atom. The van der Waals surface area contributed by atoms with Crippen LogP contribution in [0.25, 0.3) is 0 Å². The maximum atomic E-state index is 12.0. The molecular formula is C15H18O4S. The largest absolute Gasteiger partial charge is 0.468 e. The summed E-state index contributed by atoms with van der Waals surface area (Å²) in [6.07, 6.45) is 4.02. The van der Waals surface area contributed by atoms with Gasteiger partial charge in [-0.15, -0.1) is 11.8 Å². The molecule has 0 radical (unpaired) electrons. The minimum atomic E-state index is -0.299. The molecule has 0 amide bonds. The van der Waals surface area contributed by atoms with E-state index in [0.717, 1.165) is 30.6 Å². The van der Waals surface area contributed by atoms with Crippen molar-refractivity contribution < 1.29 is 19.1 Å². The van der Waals surface area contributed by atoms with Gasteiger partial charge in [-0.25, -0.2) is 0 Å². The molecule has 0 N–H and O–H groups in total. The average Bonchev–Trinajstić information content (AvgIpc) is 3.00. The van der Waals surface area contributed by atoms with Gasteiger partial charge in [0.05, 0.1) is 23.7 Å². The topological polar surface area (TPSA) is 52.6 Å². The molecule has 1 aliphatic carbocycles. The lowest BCUT2D eigenvalue weighted by Crippen LogP contribution is -2.18. The lowest BCUT2D eigenvalue weighted by molar-refractivity contribution is -0.139. The smallest absolute Gasteiger partial charge is 0.315 e. The third-order valence-corrected chi connectivity index (χ3v) is 4.35. The van der Waals surface area contributed by atoms with Crippen LogP contribution >= 0.6 is 11.8 Å². The summed E-state index contributed by atoms with van der Waals surface area (Å²) in [5.74, 6) is 0.293. The van der Waals surface area contributed by atoms with Crippen LogP contribution in [0.5, 0.6) is 5.75 Å². The fraction of sp³-hybridized carbons (Fsp3) is 0.467. The third kappa shape index (κ3) is 4.00. The molecule has 2 rings (SSSR count). The SMILES string of the molecule is COC(=O)CSc1ccccc1OC(=O)C1CCCC1. The number of methoxy groups -OCH3 is 1. The number of hydrogen-bond acceptors (Lipinski definition) is 5. The minimum Gasteiger partial charge on any atom is -0.468 e. The fourth-order valence-corrected chi connectivity index (χ4v) is 3.02. The van der Waals surface area contributed by atoms with Gasteiger partial charge in [-0.1, -0.05) is 25.0 Å².